The molecule has 134 valence electrons. The molecule has 25 heavy (non-hydrogen) atoms. The molecule has 0 aliphatic carbocycles. The molecule has 2 aromatic carbocycles. The molecule has 0 unspecified atom stereocenters. The second-order valence-corrected chi connectivity index (χ2v) is 8.19. The Kier molecular flexibility index (Phi) is 6.32. The summed E-state index contributed by atoms with van der Waals surface area (Å²) in [6.45, 7) is 1.74. The van der Waals surface area contributed by atoms with Crippen LogP contribution in [0.3, 0.4) is 0 Å². The van der Waals surface area contributed by atoms with Crippen molar-refractivity contribution in [2.45, 2.75) is 19.4 Å². The third-order valence-corrected chi connectivity index (χ3v) is 5.17. The summed E-state index contributed by atoms with van der Waals surface area (Å²) < 4.78 is 25.7. The first-order valence-corrected chi connectivity index (χ1v) is 10.1. The van der Waals surface area contributed by atoms with Crippen molar-refractivity contribution in [3.63, 3.8) is 0 Å². The fraction of sp³-hybridized carbons (Fsp3) is 0.235. The summed E-state index contributed by atoms with van der Waals surface area (Å²) in [5.74, 6) is -0.435. The summed E-state index contributed by atoms with van der Waals surface area (Å²) in [5.41, 5.74) is 0.875. The fourth-order valence-corrected chi connectivity index (χ4v) is 3.95. The molecule has 2 aromatic rings. The molecule has 0 radical (unpaired) electrons. The van der Waals surface area contributed by atoms with Crippen molar-refractivity contribution in [2.24, 2.45) is 0 Å². The number of anilines is 2. The van der Waals surface area contributed by atoms with Gasteiger partial charge in [-0.3, -0.25) is 9.10 Å². The number of carbonyl (C=O) groups is 1. The van der Waals surface area contributed by atoms with E-state index < -0.39 is 22.0 Å². The summed E-state index contributed by atoms with van der Waals surface area (Å²) in [7, 11) is -3.70. The van der Waals surface area contributed by atoms with Crippen LogP contribution < -0.4 is 9.62 Å². The average Bonchev–Trinajstić information content (AvgIpc) is 2.53. The lowest BCUT2D eigenvalue weighted by atomic mass is 10.2. The topological polar surface area (TPSA) is 66.5 Å². The molecule has 5 nitrogen and oxygen atoms in total. The highest BCUT2D eigenvalue weighted by Crippen LogP contribution is 2.26. The van der Waals surface area contributed by atoms with Gasteiger partial charge < -0.3 is 5.32 Å². The number of hydrogen-bond acceptors (Lipinski definition) is 3. The number of rotatable bonds is 6. The first-order valence-electron chi connectivity index (χ1n) is 7.53. The molecule has 0 aliphatic rings. The molecule has 0 spiro atoms. The third kappa shape index (κ3) is 5.11. The maximum Gasteiger partial charge on any atom is 0.248 e. The number of carbonyl (C=O) groups excluding carboxylic acids is 1. The molecule has 0 saturated heterocycles. The number of hydrogen-bond donors (Lipinski definition) is 1. The van der Waals surface area contributed by atoms with Gasteiger partial charge in [-0.2, -0.15) is 0 Å². The second-order valence-electron chi connectivity index (χ2n) is 5.46. The van der Waals surface area contributed by atoms with Gasteiger partial charge in [-0.1, -0.05) is 36.2 Å². The summed E-state index contributed by atoms with van der Waals surface area (Å²) >= 11 is 11.8. The Morgan fingerprint density at radius 2 is 1.76 bits per heavy atom. The number of halogens is 2. The van der Waals surface area contributed by atoms with Crippen LogP contribution in [0.15, 0.2) is 48.5 Å². The van der Waals surface area contributed by atoms with Crippen LogP contribution in [-0.4, -0.2) is 26.6 Å². The van der Waals surface area contributed by atoms with E-state index in [1.165, 1.54) is 6.07 Å². The van der Waals surface area contributed by atoms with Crippen LogP contribution >= 0.6 is 23.2 Å². The number of amides is 1. The van der Waals surface area contributed by atoms with Crippen molar-refractivity contribution in [3.05, 3.63) is 58.6 Å². The number of nitrogens with one attached hydrogen (secondary N) is 1. The summed E-state index contributed by atoms with van der Waals surface area (Å²) in [6.07, 6.45) is 1.35. The van der Waals surface area contributed by atoms with Gasteiger partial charge in [-0.25, -0.2) is 8.42 Å². The number of benzene rings is 2. The zero-order valence-electron chi connectivity index (χ0n) is 13.7. The van der Waals surface area contributed by atoms with Gasteiger partial charge in [0.05, 0.1) is 11.9 Å². The van der Waals surface area contributed by atoms with Gasteiger partial charge in [0.2, 0.25) is 15.9 Å². The van der Waals surface area contributed by atoms with E-state index in [4.69, 9.17) is 23.2 Å². The van der Waals surface area contributed by atoms with Crippen LogP contribution in [0.5, 0.6) is 0 Å². The normalized spacial score (nSPS) is 12.5. The predicted molar refractivity (Wildman–Crippen MR) is 103 cm³/mol. The number of sulfonamides is 1. The Bertz CT molecular complexity index is 854. The maximum atomic E-state index is 12.7. The zero-order valence-corrected chi connectivity index (χ0v) is 16.1. The van der Waals surface area contributed by atoms with E-state index in [9.17, 15) is 13.2 Å². The van der Waals surface area contributed by atoms with Gasteiger partial charge in [0.15, 0.2) is 0 Å². The maximum absolute atomic E-state index is 12.7. The monoisotopic (exact) mass is 400 g/mol. The van der Waals surface area contributed by atoms with Crippen molar-refractivity contribution in [1.82, 2.24) is 0 Å². The van der Waals surface area contributed by atoms with Gasteiger partial charge >= 0.3 is 0 Å². The highest BCUT2D eigenvalue weighted by Gasteiger charge is 2.31. The first-order chi connectivity index (χ1) is 11.7. The molecule has 0 heterocycles. The van der Waals surface area contributed by atoms with Crippen molar-refractivity contribution in [3.8, 4) is 0 Å². The standard InChI is InChI=1S/C17H18Cl2N2O3S/c1-3-16(17(22)20-14-9-7-12(18)8-10-14)21(25(2,23)24)15-6-4-5-13(19)11-15/h4-11,16H,3H2,1-2H3,(H,20,22)/t16-/m1/s1. The quantitative estimate of drug-likeness (QED) is 0.790. The Hall–Kier alpha value is -1.76. The van der Waals surface area contributed by atoms with E-state index in [0.717, 1.165) is 10.6 Å². The van der Waals surface area contributed by atoms with Crippen LogP contribution in [0.25, 0.3) is 0 Å². The SMILES string of the molecule is CC[C@H](C(=O)Nc1ccc(Cl)cc1)N(c1cccc(Cl)c1)S(C)(=O)=O. The van der Waals surface area contributed by atoms with E-state index in [1.54, 1.807) is 49.4 Å². The van der Waals surface area contributed by atoms with Gasteiger partial charge in [0.1, 0.15) is 6.04 Å². The zero-order chi connectivity index (χ0) is 18.6. The molecule has 0 aromatic heterocycles. The minimum Gasteiger partial charge on any atom is -0.324 e. The van der Waals surface area contributed by atoms with Gasteiger partial charge in [-0.05, 0) is 48.9 Å². The van der Waals surface area contributed by atoms with Gasteiger partial charge in [0.25, 0.3) is 0 Å². The summed E-state index contributed by atoms with van der Waals surface area (Å²) in [4.78, 5) is 12.7. The van der Waals surface area contributed by atoms with Crippen LogP contribution in [-0.2, 0) is 14.8 Å². The lowest BCUT2D eigenvalue weighted by Crippen LogP contribution is -2.47. The highest BCUT2D eigenvalue weighted by atomic mass is 35.5. The third-order valence-electron chi connectivity index (χ3n) is 3.50. The smallest absolute Gasteiger partial charge is 0.248 e. The minimum atomic E-state index is -3.70. The van der Waals surface area contributed by atoms with E-state index in [2.05, 4.69) is 5.32 Å². The van der Waals surface area contributed by atoms with Crippen LogP contribution in [0.1, 0.15) is 13.3 Å². The molecular weight excluding hydrogens is 383 g/mol. The molecule has 0 bridgehead atoms. The highest BCUT2D eigenvalue weighted by molar-refractivity contribution is 7.92. The van der Waals surface area contributed by atoms with Crippen molar-refractivity contribution >= 4 is 50.5 Å². The van der Waals surface area contributed by atoms with Crippen LogP contribution in [0.2, 0.25) is 10.0 Å². The molecule has 1 N–H and O–H groups in total. The molecule has 1 amide bonds. The van der Waals surface area contributed by atoms with E-state index in [1.807, 2.05) is 0 Å². The van der Waals surface area contributed by atoms with E-state index in [-0.39, 0.29) is 0 Å². The van der Waals surface area contributed by atoms with Crippen molar-refractivity contribution in [2.75, 3.05) is 15.9 Å². The van der Waals surface area contributed by atoms with Gasteiger partial charge in [-0.15, -0.1) is 0 Å². The largest absolute Gasteiger partial charge is 0.324 e. The van der Waals surface area contributed by atoms with Crippen LogP contribution in [0, 0.1) is 0 Å². The minimum absolute atomic E-state index is 0.291. The summed E-state index contributed by atoms with van der Waals surface area (Å²) in [6, 6.07) is 12.1. The Morgan fingerprint density at radius 3 is 2.28 bits per heavy atom. The molecule has 8 heteroatoms. The van der Waals surface area contributed by atoms with Gasteiger partial charge in [0, 0.05) is 15.7 Å². The molecule has 1 atom stereocenters. The van der Waals surface area contributed by atoms with Crippen LogP contribution in [0.4, 0.5) is 11.4 Å². The Labute approximate surface area is 157 Å². The second kappa shape index (κ2) is 8.08. The van der Waals surface area contributed by atoms with E-state index >= 15 is 0 Å². The Morgan fingerprint density at radius 1 is 1.12 bits per heavy atom. The summed E-state index contributed by atoms with van der Waals surface area (Å²) in [5, 5.41) is 3.65. The first kappa shape index (κ1) is 19.6. The Balaban J connectivity index is 2.36. The average molecular weight is 401 g/mol. The fourth-order valence-electron chi connectivity index (χ4n) is 2.43. The van der Waals surface area contributed by atoms with E-state index in [0.29, 0.717) is 27.8 Å². The lowest BCUT2D eigenvalue weighted by Gasteiger charge is -2.30. The predicted octanol–water partition coefficient (Wildman–Crippen LogP) is 4.18. The number of nitrogens with zero attached hydrogens (tertiary/aromatic N) is 1. The van der Waals surface area contributed by atoms with Crippen molar-refractivity contribution < 1.29 is 13.2 Å². The van der Waals surface area contributed by atoms with Crippen molar-refractivity contribution in [1.29, 1.82) is 0 Å². The molecule has 0 fully saturated rings. The molecule has 2 rings (SSSR count). The molecule has 0 saturated carbocycles. The molecule has 0 aliphatic heterocycles. The molecular formula is C17H18Cl2N2O3S. The lowest BCUT2D eigenvalue weighted by molar-refractivity contribution is -0.117.